The van der Waals surface area contributed by atoms with E-state index >= 15 is 0 Å². The molecule has 1 aromatic rings. The summed E-state index contributed by atoms with van der Waals surface area (Å²) in [6.45, 7) is 2.46. The van der Waals surface area contributed by atoms with E-state index in [1.54, 1.807) is 29.2 Å². The molecule has 0 spiro atoms. The Morgan fingerprint density at radius 1 is 1.33 bits per heavy atom. The number of hydrogen-bond donors (Lipinski definition) is 0. The average molecular weight is 243 g/mol. The minimum Gasteiger partial charge on any atom is -0.332 e. The van der Waals surface area contributed by atoms with E-state index in [0.29, 0.717) is 24.3 Å². The summed E-state index contributed by atoms with van der Waals surface area (Å²) in [7, 11) is 0. The van der Waals surface area contributed by atoms with Crippen LogP contribution in [0.15, 0.2) is 24.3 Å². The molecule has 92 valence electrons. The minimum atomic E-state index is -0.154. The van der Waals surface area contributed by atoms with Crippen molar-refractivity contribution in [3.8, 4) is 6.07 Å². The highest BCUT2D eigenvalue weighted by atomic mass is 16.2. The Bertz CT molecular complexity index is 533. The van der Waals surface area contributed by atoms with Crippen molar-refractivity contribution >= 4 is 17.5 Å². The number of hydrogen-bond acceptors (Lipinski definition) is 3. The molecule has 5 nitrogen and oxygen atoms in total. The van der Waals surface area contributed by atoms with Crippen LogP contribution in [0.2, 0.25) is 0 Å². The normalized spacial score (nSPS) is 15.4. The van der Waals surface area contributed by atoms with E-state index in [0.717, 1.165) is 0 Å². The van der Waals surface area contributed by atoms with Gasteiger partial charge in [-0.3, -0.25) is 9.59 Å². The van der Waals surface area contributed by atoms with Crippen molar-refractivity contribution in [1.29, 1.82) is 5.26 Å². The molecule has 0 aliphatic carbocycles. The zero-order chi connectivity index (χ0) is 13.1. The predicted octanol–water partition coefficient (Wildman–Crippen LogP) is 0.753. The average Bonchev–Trinajstić information content (AvgIpc) is 2.38. The Hall–Kier alpha value is -2.35. The Kier molecular flexibility index (Phi) is 3.28. The van der Waals surface area contributed by atoms with Crippen LogP contribution in [0.1, 0.15) is 12.5 Å². The Labute approximate surface area is 105 Å². The zero-order valence-corrected chi connectivity index (χ0v) is 10.1. The van der Waals surface area contributed by atoms with E-state index < -0.39 is 0 Å². The van der Waals surface area contributed by atoms with Gasteiger partial charge in [0.05, 0.1) is 11.3 Å². The third-order valence-corrected chi connectivity index (χ3v) is 2.98. The van der Waals surface area contributed by atoms with Crippen molar-refractivity contribution in [3.05, 3.63) is 29.8 Å². The molecule has 1 heterocycles. The van der Waals surface area contributed by atoms with Crippen LogP contribution in [0.25, 0.3) is 0 Å². The Morgan fingerprint density at radius 3 is 2.67 bits per heavy atom. The summed E-state index contributed by atoms with van der Waals surface area (Å²) in [4.78, 5) is 26.3. The smallest absolute Gasteiger partial charge is 0.246 e. The molecule has 0 atom stereocenters. The van der Waals surface area contributed by atoms with E-state index in [4.69, 9.17) is 5.26 Å². The highest BCUT2D eigenvalue weighted by Gasteiger charge is 2.27. The second-order valence-corrected chi connectivity index (χ2v) is 4.11. The Balaban J connectivity index is 2.24. The van der Waals surface area contributed by atoms with E-state index in [-0.39, 0.29) is 18.4 Å². The van der Waals surface area contributed by atoms with Gasteiger partial charge < -0.3 is 9.80 Å². The van der Waals surface area contributed by atoms with Crippen molar-refractivity contribution < 1.29 is 9.59 Å². The van der Waals surface area contributed by atoms with E-state index in [2.05, 4.69) is 6.07 Å². The van der Waals surface area contributed by atoms with Gasteiger partial charge in [0.25, 0.3) is 0 Å². The summed E-state index contributed by atoms with van der Waals surface area (Å²) < 4.78 is 0. The summed E-state index contributed by atoms with van der Waals surface area (Å²) in [5.41, 5.74) is 1.09. The van der Waals surface area contributed by atoms with Crippen LogP contribution < -0.4 is 4.90 Å². The van der Waals surface area contributed by atoms with Gasteiger partial charge in [0.15, 0.2) is 0 Å². The molecule has 0 N–H and O–H groups in total. The molecule has 1 fully saturated rings. The summed E-state index contributed by atoms with van der Waals surface area (Å²) in [5, 5.41) is 9.02. The number of carbonyl (C=O) groups is 2. The van der Waals surface area contributed by atoms with Gasteiger partial charge in [-0.2, -0.15) is 5.26 Å². The molecule has 5 heteroatoms. The van der Waals surface area contributed by atoms with Crippen LogP contribution in [0, 0.1) is 11.3 Å². The number of rotatable bonds is 1. The van der Waals surface area contributed by atoms with E-state index in [1.807, 2.05) is 0 Å². The summed E-state index contributed by atoms with van der Waals surface area (Å²) in [6.07, 6.45) is 0. The minimum absolute atomic E-state index is 0.0785. The van der Waals surface area contributed by atoms with Gasteiger partial charge in [-0.05, 0) is 12.1 Å². The van der Waals surface area contributed by atoms with Gasteiger partial charge in [0, 0.05) is 20.0 Å². The highest BCUT2D eigenvalue weighted by Crippen LogP contribution is 2.21. The SMILES string of the molecule is CC(=O)N1CCN(c2ccccc2C#N)C(=O)C1. The van der Waals surface area contributed by atoms with Crippen molar-refractivity contribution in [1.82, 2.24) is 4.90 Å². The second kappa shape index (κ2) is 4.88. The van der Waals surface area contributed by atoms with E-state index in [1.165, 1.54) is 11.8 Å². The lowest BCUT2D eigenvalue weighted by atomic mass is 10.1. The van der Waals surface area contributed by atoms with Gasteiger partial charge in [-0.1, -0.05) is 12.1 Å². The molecule has 2 amide bonds. The lowest BCUT2D eigenvalue weighted by Gasteiger charge is -2.34. The number of para-hydroxylation sites is 1. The third-order valence-electron chi connectivity index (χ3n) is 2.98. The number of nitriles is 1. The number of benzene rings is 1. The van der Waals surface area contributed by atoms with Crippen molar-refractivity contribution in [2.45, 2.75) is 6.92 Å². The first-order chi connectivity index (χ1) is 8.63. The predicted molar refractivity (Wildman–Crippen MR) is 65.8 cm³/mol. The van der Waals surface area contributed by atoms with Crippen LogP contribution in [0.5, 0.6) is 0 Å². The topological polar surface area (TPSA) is 64.4 Å². The van der Waals surface area contributed by atoms with Gasteiger partial charge in [-0.15, -0.1) is 0 Å². The number of nitrogens with zero attached hydrogens (tertiary/aromatic N) is 3. The quantitative estimate of drug-likeness (QED) is 0.731. The number of anilines is 1. The molecule has 1 saturated heterocycles. The van der Waals surface area contributed by atoms with Crippen molar-refractivity contribution in [2.24, 2.45) is 0 Å². The van der Waals surface area contributed by atoms with E-state index in [9.17, 15) is 9.59 Å². The molecular weight excluding hydrogens is 230 g/mol. The fourth-order valence-corrected chi connectivity index (χ4v) is 2.00. The van der Waals surface area contributed by atoms with Crippen molar-refractivity contribution in [3.63, 3.8) is 0 Å². The van der Waals surface area contributed by atoms with Crippen LogP contribution in [0.4, 0.5) is 5.69 Å². The van der Waals surface area contributed by atoms with Crippen molar-refractivity contribution in [2.75, 3.05) is 24.5 Å². The van der Waals surface area contributed by atoms with Crippen LogP contribution in [-0.2, 0) is 9.59 Å². The second-order valence-electron chi connectivity index (χ2n) is 4.11. The molecule has 1 aromatic carbocycles. The summed E-state index contributed by atoms with van der Waals surface area (Å²) >= 11 is 0. The number of amides is 2. The lowest BCUT2D eigenvalue weighted by Crippen LogP contribution is -2.52. The summed E-state index contributed by atoms with van der Waals surface area (Å²) in [6, 6.07) is 9.06. The molecule has 1 aliphatic heterocycles. The standard InChI is InChI=1S/C13H13N3O2/c1-10(17)15-6-7-16(13(18)9-15)12-5-3-2-4-11(12)8-14/h2-5H,6-7,9H2,1H3. The molecule has 0 radical (unpaired) electrons. The third kappa shape index (κ3) is 2.18. The first kappa shape index (κ1) is 12.1. The number of piperazine rings is 1. The highest BCUT2D eigenvalue weighted by molar-refractivity contribution is 5.98. The fraction of sp³-hybridized carbons (Fsp3) is 0.308. The first-order valence-corrected chi connectivity index (χ1v) is 5.68. The molecular formula is C13H13N3O2. The number of carbonyl (C=O) groups excluding carboxylic acids is 2. The molecule has 0 unspecified atom stereocenters. The monoisotopic (exact) mass is 243 g/mol. The largest absolute Gasteiger partial charge is 0.332 e. The molecule has 0 aromatic heterocycles. The van der Waals surface area contributed by atoms with Crippen LogP contribution in [0.3, 0.4) is 0 Å². The summed E-state index contributed by atoms with van der Waals surface area (Å²) in [5.74, 6) is -0.254. The molecule has 0 saturated carbocycles. The maximum Gasteiger partial charge on any atom is 0.246 e. The zero-order valence-electron chi connectivity index (χ0n) is 10.1. The molecule has 0 bridgehead atoms. The van der Waals surface area contributed by atoms with Gasteiger partial charge in [-0.25, -0.2) is 0 Å². The lowest BCUT2D eigenvalue weighted by molar-refractivity contribution is -0.135. The molecule has 1 aliphatic rings. The van der Waals surface area contributed by atoms with Crippen LogP contribution >= 0.6 is 0 Å². The van der Waals surface area contributed by atoms with Gasteiger partial charge >= 0.3 is 0 Å². The van der Waals surface area contributed by atoms with Gasteiger partial charge in [0.2, 0.25) is 11.8 Å². The fourth-order valence-electron chi connectivity index (χ4n) is 2.00. The maximum atomic E-state index is 12.0. The first-order valence-electron chi connectivity index (χ1n) is 5.68. The maximum absolute atomic E-state index is 12.0. The molecule has 18 heavy (non-hydrogen) atoms. The van der Waals surface area contributed by atoms with Gasteiger partial charge in [0.1, 0.15) is 12.6 Å². The van der Waals surface area contributed by atoms with Crippen LogP contribution in [-0.4, -0.2) is 36.3 Å². The Morgan fingerprint density at radius 2 is 2.06 bits per heavy atom. The molecule has 2 rings (SSSR count).